The molecule has 2 aromatic rings. The molecule has 170 valence electrons. The fourth-order valence-electron chi connectivity index (χ4n) is 3.87. The summed E-state index contributed by atoms with van der Waals surface area (Å²) in [5, 5.41) is 6.13. The van der Waals surface area contributed by atoms with Gasteiger partial charge in [0.25, 0.3) is 5.91 Å². The van der Waals surface area contributed by atoms with Gasteiger partial charge in [0, 0.05) is 23.8 Å². The highest BCUT2D eigenvalue weighted by Crippen LogP contribution is 2.34. The number of anilines is 2. The van der Waals surface area contributed by atoms with E-state index in [-0.39, 0.29) is 23.3 Å². The summed E-state index contributed by atoms with van der Waals surface area (Å²) >= 11 is 5.97. The average molecular weight is 478 g/mol. The lowest BCUT2D eigenvalue weighted by atomic mass is 9.98. The maximum absolute atomic E-state index is 13.3. The van der Waals surface area contributed by atoms with Crippen LogP contribution in [0.5, 0.6) is 5.75 Å². The Labute approximate surface area is 191 Å². The van der Waals surface area contributed by atoms with Gasteiger partial charge < -0.3 is 15.4 Å². The van der Waals surface area contributed by atoms with Crippen LogP contribution in [0.3, 0.4) is 0 Å². The lowest BCUT2D eigenvalue weighted by molar-refractivity contribution is -0.123. The zero-order chi connectivity index (χ0) is 23.0. The van der Waals surface area contributed by atoms with Gasteiger partial charge in [-0.25, -0.2) is 8.42 Å². The van der Waals surface area contributed by atoms with E-state index in [4.69, 9.17) is 16.3 Å². The summed E-state index contributed by atoms with van der Waals surface area (Å²) in [7, 11) is -3.85. The number of aryl methyl sites for hydroxylation is 1. The van der Waals surface area contributed by atoms with E-state index in [0.717, 1.165) is 5.56 Å². The molecule has 0 spiro atoms. The monoisotopic (exact) mass is 477 g/mol. The van der Waals surface area contributed by atoms with Crippen molar-refractivity contribution in [2.24, 2.45) is 5.92 Å². The molecule has 1 fully saturated rings. The first-order valence-corrected chi connectivity index (χ1v) is 12.2. The van der Waals surface area contributed by atoms with Crippen molar-refractivity contribution in [3.8, 4) is 5.75 Å². The summed E-state index contributed by atoms with van der Waals surface area (Å²) in [6.45, 7) is 3.87. The van der Waals surface area contributed by atoms with Crippen molar-refractivity contribution in [2.75, 3.05) is 23.7 Å². The molecule has 2 atom stereocenters. The Morgan fingerprint density at radius 3 is 2.78 bits per heavy atom. The standard InChI is InChI=1S/C22H24ClN3O5S/c1-13-10-16(23)5-7-18(13)24-22(28)15-4-3-9-26(12-15)32(29,30)17-6-8-20-19(11-17)25-21(27)14(2)31-20/h5-8,10-11,14-15H,3-4,9,12H2,1-2H3,(H,24,28)(H,25,27)/t14-,15-/m0/s1. The molecule has 2 aliphatic heterocycles. The highest BCUT2D eigenvalue weighted by molar-refractivity contribution is 7.89. The van der Waals surface area contributed by atoms with Gasteiger partial charge in [0.05, 0.1) is 16.5 Å². The van der Waals surface area contributed by atoms with E-state index < -0.39 is 22.0 Å². The van der Waals surface area contributed by atoms with E-state index >= 15 is 0 Å². The predicted molar refractivity (Wildman–Crippen MR) is 121 cm³/mol. The lowest BCUT2D eigenvalue weighted by Gasteiger charge is -2.31. The van der Waals surface area contributed by atoms with Crippen LogP contribution in [0.15, 0.2) is 41.3 Å². The molecule has 1 saturated heterocycles. The van der Waals surface area contributed by atoms with Crippen LogP contribution in [0, 0.1) is 12.8 Å². The maximum atomic E-state index is 13.3. The van der Waals surface area contributed by atoms with E-state index in [0.29, 0.717) is 41.5 Å². The minimum absolute atomic E-state index is 0.0457. The lowest BCUT2D eigenvalue weighted by Crippen LogP contribution is -2.43. The molecular formula is C22H24ClN3O5S. The summed E-state index contributed by atoms with van der Waals surface area (Å²) < 4.78 is 33.3. The van der Waals surface area contributed by atoms with Crippen LogP contribution in [-0.4, -0.2) is 43.7 Å². The zero-order valence-corrected chi connectivity index (χ0v) is 19.3. The van der Waals surface area contributed by atoms with Gasteiger partial charge >= 0.3 is 0 Å². The Hall–Kier alpha value is -2.62. The normalized spacial score (nSPS) is 21.3. The van der Waals surface area contributed by atoms with E-state index in [1.165, 1.54) is 22.5 Å². The van der Waals surface area contributed by atoms with E-state index in [2.05, 4.69) is 10.6 Å². The second kappa shape index (κ2) is 8.73. The Kier molecular flexibility index (Phi) is 6.15. The summed E-state index contributed by atoms with van der Waals surface area (Å²) in [6.07, 6.45) is 0.519. The van der Waals surface area contributed by atoms with Crippen molar-refractivity contribution in [3.63, 3.8) is 0 Å². The van der Waals surface area contributed by atoms with Crippen molar-refractivity contribution >= 4 is 44.8 Å². The van der Waals surface area contributed by atoms with Gasteiger partial charge in [-0.15, -0.1) is 0 Å². The Morgan fingerprint density at radius 1 is 1.25 bits per heavy atom. The van der Waals surface area contributed by atoms with Gasteiger partial charge in [-0.2, -0.15) is 4.31 Å². The molecular weight excluding hydrogens is 454 g/mol. The van der Waals surface area contributed by atoms with E-state index in [1.807, 2.05) is 6.92 Å². The molecule has 32 heavy (non-hydrogen) atoms. The topological polar surface area (TPSA) is 105 Å². The number of amides is 2. The number of halogens is 1. The van der Waals surface area contributed by atoms with Crippen LogP contribution in [0.25, 0.3) is 0 Å². The average Bonchev–Trinajstić information content (AvgIpc) is 2.76. The third-order valence-corrected chi connectivity index (χ3v) is 7.82. The maximum Gasteiger partial charge on any atom is 0.265 e. The fraction of sp³-hybridized carbons (Fsp3) is 0.364. The van der Waals surface area contributed by atoms with Gasteiger partial charge in [-0.1, -0.05) is 11.6 Å². The predicted octanol–water partition coefficient (Wildman–Crippen LogP) is 3.41. The number of hydrogen-bond acceptors (Lipinski definition) is 5. The molecule has 10 heteroatoms. The molecule has 4 rings (SSSR count). The molecule has 0 bridgehead atoms. The van der Waals surface area contributed by atoms with Gasteiger partial charge in [0.1, 0.15) is 5.75 Å². The Bertz CT molecular complexity index is 1180. The number of nitrogens with zero attached hydrogens (tertiary/aromatic N) is 1. The Morgan fingerprint density at radius 2 is 2.03 bits per heavy atom. The first-order valence-electron chi connectivity index (χ1n) is 10.3. The van der Waals surface area contributed by atoms with E-state index in [9.17, 15) is 18.0 Å². The molecule has 8 nitrogen and oxygen atoms in total. The molecule has 2 amide bonds. The minimum atomic E-state index is -3.85. The van der Waals surface area contributed by atoms with Crippen molar-refractivity contribution in [1.29, 1.82) is 0 Å². The molecule has 2 heterocycles. The third-order valence-electron chi connectivity index (χ3n) is 5.72. The molecule has 2 N–H and O–H groups in total. The van der Waals surface area contributed by atoms with Crippen molar-refractivity contribution in [2.45, 2.75) is 37.7 Å². The van der Waals surface area contributed by atoms with E-state index in [1.54, 1.807) is 25.1 Å². The summed E-state index contributed by atoms with van der Waals surface area (Å²) in [4.78, 5) is 24.8. The number of carbonyl (C=O) groups excluding carboxylic acids is 2. The highest BCUT2D eigenvalue weighted by Gasteiger charge is 2.34. The second-order valence-corrected chi connectivity index (χ2v) is 10.4. The number of piperidine rings is 1. The number of ether oxygens (including phenoxy) is 1. The van der Waals surface area contributed by atoms with Gasteiger partial charge in [0.15, 0.2) is 6.10 Å². The SMILES string of the molecule is Cc1cc(Cl)ccc1NC(=O)[C@H]1CCCN(S(=O)(=O)c2ccc3c(c2)NC(=O)[C@H](C)O3)C1. The molecule has 2 aromatic carbocycles. The van der Waals surface area contributed by atoms with Crippen LogP contribution in [0.2, 0.25) is 5.02 Å². The summed E-state index contributed by atoms with van der Waals surface area (Å²) in [5.74, 6) is -0.616. The number of sulfonamides is 1. The number of carbonyl (C=O) groups is 2. The van der Waals surface area contributed by atoms with Gasteiger partial charge in [-0.3, -0.25) is 9.59 Å². The quantitative estimate of drug-likeness (QED) is 0.702. The first kappa shape index (κ1) is 22.6. The van der Waals surface area contributed by atoms with Gasteiger partial charge in [-0.05, 0) is 68.7 Å². The molecule has 0 aliphatic carbocycles. The van der Waals surface area contributed by atoms with Crippen LogP contribution in [-0.2, 0) is 19.6 Å². The largest absolute Gasteiger partial charge is 0.479 e. The Balaban J connectivity index is 1.50. The smallest absolute Gasteiger partial charge is 0.265 e. The first-order chi connectivity index (χ1) is 15.1. The van der Waals surface area contributed by atoms with Crippen LogP contribution < -0.4 is 15.4 Å². The third kappa shape index (κ3) is 4.46. The van der Waals surface area contributed by atoms with Crippen LogP contribution in [0.1, 0.15) is 25.3 Å². The molecule has 0 radical (unpaired) electrons. The second-order valence-electron chi connectivity index (χ2n) is 8.06. The fourth-order valence-corrected chi connectivity index (χ4v) is 5.65. The number of fused-ring (bicyclic) bond motifs is 1. The van der Waals surface area contributed by atoms with Crippen LogP contribution >= 0.6 is 11.6 Å². The van der Waals surface area contributed by atoms with Crippen molar-refractivity contribution < 1.29 is 22.7 Å². The van der Waals surface area contributed by atoms with Crippen molar-refractivity contribution in [3.05, 3.63) is 47.0 Å². The number of hydrogen-bond donors (Lipinski definition) is 2. The number of rotatable bonds is 4. The molecule has 0 aromatic heterocycles. The molecule has 2 aliphatic rings. The summed E-state index contributed by atoms with van der Waals surface area (Å²) in [5.41, 5.74) is 1.80. The van der Waals surface area contributed by atoms with Gasteiger partial charge in [0.2, 0.25) is 15.9 Å². The number of benzene rings is 2. The van der Waals surface area contributed by atoms with Crippen molar-refractivity contribution in [1.82, 2.24) is 4.31 Å². The molecule has 0 unspecified atom stereocenters. The zero-order valence-electron chi connectivity index (χ0n) is 17.7. The minimum Gasteiger partial charge on any atom is -0.479 e. The molecule has 0 saturated carbocycles. The summed E-state index contributed by atoms with van der Waals surface area (Å²) in [6, 6.07) is 9.58. The number of nitrogens with one attached hydrogen (secondary N) is 2. The highest BCUT2D eigenvalue weighted by atomic mass is 35.5. The van der Waals surface area contributed by atoms with Crippen LogP contribution in [0.4, 0.5) is 11.4 Å².